The predicted octanol–water partition coefficient (Wildman–Crippen LogP) is 3.30. The summed E-state index contributed by atoms with van der Waals surface area (Å²) in [5, 5.41) is 0. The molecule has 1 aliphatic heterocycles. The standard InChI is InChI=1S/C11H13BrO/c12-11(10-7-4-8-13-10)9-5-2-1-3-6-9/h1-3,5-6,10-11H,4,7-8H2/t10-,11+/m0/s1. The Morgan fingerprint density at radius 1 is 1.31 bits per heavy atom. The number of hydrogen-bond donors (Lipinski definition) is 0. The highest BCUT2D eigenvalue weighted by molar-refractivity contribution is 9.09. The first-order valence-corrected chi connectivity index (χ1v) is 5.60. The second-order valence-corrected chi connectivity index (χ2v) is 4.35. The quantitative estimate of drug-likeness (QED) is 0.722. The molecule has 1 saturated heterocycles. The highest BCUT2D eigenvalue weighted by atomic mass is 79.9. The number of ether oxygens (including phenoxy) is 1. The molecule has 1 fully saturated rings. The zero-order valence-electron chi connectivity index (χ0n) is 7.45. The Balaban J connectivity index is 2.08. The van der Waals surface area contributed by atoms with Crippen molar-refractivity contribution in [3.05, 3.63) is 35.9 Å². The Morgan fingerprint density at radius 2 is 2.08 bits per heavy atom. The van der Waals surface area contributed by atoms with Gasteiger partial charge in [-0.1, -0.05) is 46.3 Å². The minimum absolute atomic E-state index is 0.358. The Hall–Kier alpha value is -0.340. The van der Waals surface area contributed by atoms with Crippen molar-refractivity contribution >= 4 is 15.9 Å². The summed E-state index contributed by atoms with van der Waals surface area (Å²) in [4.78, 5) is 0.358. The van der Waals surface area contributed by atoms with Crippen molar-refractivity contribution in [2.24, 2.45) is 0 Å². The molecule has 1 aliphatic rings. The van der Waals surface area contributed by atoms with Gasteiger partial charge in [0.25, 0.3) is 0 Å². The Labute approximate surface area is 87.2 Å². The first-order chi connectivity index (χ1) is 6.38. The fourth-order valence-electron chi connectivity index (χ4n) is 1.68. The summed E-state index contributed by atoms with van der Waals surface area (Å²) < 4.78 is 5.62. The van der Waals surface area contributed by atoms with Crippen LogP contribution in [0.5, 0.6) is 0 Å². The van der Waals surface area contributed by atoms with Gasteiger partial charge in [-0.3, -0.25) is 0 Å². The third-order valence-electron chi connectivity index (χ3n) is 2.41. The fraction of sp³-hybridized carbons (Fsp3) is 0.455. The van der Waals surface area contributed by atoms with Crippen LogP contribution in [0, 0.1) is 0 Å². The second-order valence-electron chi connectivity index (χ2n) is 3.36. The predicted molar refractivity (Wildman–Crippen MR) is 57.1 cm³/mol. The van der Waals surface area contributed by atoms with E-state index in [1.165, 1.54) is 18.4 Å². The molecule has 0 spiro atoms. The summed E-state index contributed by atoms with van der Waals surface area (Å²) in [6.45, 7) is 0.916. The van der Waals surface area contributed by atoms with Gasteiger partial charge in [0.15, 0.2) is 0 Å². The zero-order chi connectivity index (χ0) is 9.10. The van der Waals surface area contributed by atoms with Crippen LogP contribution in [0.4, 0.5) is 0 Å². The molecule has 13 heavy (non-hydrogen) atoms. The average molecular weight is 241 g/mol. The van der Waals surface area contributed by atoms with Gasteiger partial charge in [0, 0.05) is 6.61 Å². The maximum absolute atomic E-state index is 5.62. The van der Waals surface area contributed by atoms with Crippen LogP contribution in [0.2, 0.25) is 0 Å². The third kappa shape index (κ3) is 2.12. The lowest BCUT2D eigenvalue weighted by Gasteiger charge is -2.16. The molecule has 0 radical (unpaired) electrons. The van der Waals surface area contributed by atoms with Gasteiger partial charge in [-0.15, -0.1) is 0 Å². The second kappa shape index (κ2) is 4.25. The van der Waals surface area contributed by atoms with Crippen LogP contribution in [-0.2, 0) is 4.74 Å². The van der Waals surface area contributed by atoms with Crippen LogP contribution < -0.4 is 0 Å². The molecule has 0 amide bonds. The van der Waals surface area contributed by atoms with Crippen LogP contribution in [-0.4, -0.2) is 12.7 Å². The molecule has 0 saturated carbocycles. The third-order valence-corrected chi connectivity index (χ3v) is 3.53. The summed E-state index contributed by atoms with van der Waals surface area (Å²) in [5.74, 6) is 0. The number of alkyl halides is 1. The number of hydrogen-bond acceptors (Lipinski definition) is 1. The lowest BCUT2D eigenvalue weighted by molar-refractivity contribution is 0.110. The van der Waals surface area contributed by atoms with Gasteiger partial charge in [-0.2, -0.15) is 0 Å². The lowest BCUT2D eigenvalue weighted by Crippen LogP contribution is -2.11. The average Bonchev–Trinajstić information content (AvgIpc) is 2.71. The van der Waals surface area contributed by atoms with Crippen molar-refractivity contribution in [2.75, 3.05) is 6.61 Å². The van der Waals surface area contributed by atoms with Gasteiger partial charge >= 0.3 is 0 Å². The SMILES string of the molecule is Br[C@H](c1ccccc1)[C@@H]1CCCO1. The van der Waals surface area contributed by atoms with Crippen LogP contribution in [0.25, 0.3) is 0 Å². The van der Waals surface area contributed by atoms with E-state index in [9.17, 15) is 0 Å². The molecular weight excluding hydrogens is 228 g/mol. The molecule has 1 nitrogen and oxygen atoms in total. The fourth-order valence-corrected chi connectivity index (χ4v) is 2.41. The summed E-state index contributed by atoms with van der Waals surface area (Å²) >= 11 is 3.69. The van der Waals surface area contributed by atoms with Crippen molar-refractivity contribution in [2.45, 2.75) is 23.8 Å². The van der Waals surface area contributed by atoms with Gasteiger partial charge in [-0.25, -0.2) is 0 Å². The van der Waals surface area contributed by atoms with Gasteiger partial charge in [0.2, 0.25) is 0 Å². The summed E-state index contributed by atoms with van der Waals surface area (Å²) in [6.07, 6.45) is 2.73. The molecule has 2 heteroatoms. The number of benzene rings is 1. The van der Waals surface area contributed by atoms with Crippen molar-refractivity contribution in [1.82, 2.24) is 0 Å². The van der Waals surface area contributed by atoms with E-state index >= 15 is 0 Å². The van der Waals surface area contributed by atoms with E-state index in [1.807, 2.05) is 6.07 Å². The summed E-state index contributed by atoms with van der Waals surface area (Å²) in [5.41, 5.74) is 1.31. The van der Waals surface area contributed by atoms with E-state index in [0.29, 0.717) is 10.9 Å². The molecule has 1 aromatic carbocycles. The van der Waals surface area contributed by atoms with Crippen LogP contribution in [0.15, 0.2) is 30.3 Å². The van der Waals surface area contributed by atoms with E-state index in [4.69, 9.17) is 4.74 Å². The zero-order valence-corrected chi connectivity index (χ0v) is 9.03. The Kier molecular flexibility index (Phi) is 3.01. The molecule has 0 bridgehead atoms. The first kappa shape index (κ1) is 9.22. The van der Waals surface area contributed by atoms with Crippen molar-refractivity contribution < 1.29 is 4.74 Å². The van der Waals surface area contributed by atoms with Crippen molar-refractivity contribution in [1.29, 1.82) is 0 Å². The van der Waals surface area contributed by atoms with E-state index in [2.05, 4.69) is 40.2 Å². The van der Waals surface area contributed by atoms with Crippen LogP contribution in [0.1, 0.15) is 23.2 Å². The lowest BCUT2D eigenvalue weighted by atomic mass is 10.1. The summed E-state index contributed by atoms with van der Waals surface area (Å²) in [7, 11) is 0. The van der Waals surface area contributed by atoms with Gasteiger partial charge in [-0.05, 0) is 18.4 Å². The highest BCUT2D eigenvalue weighted by Crippen LogP contribution is 2.33. The summed E-state index contributed by atoms with van der Waals surface area (Å²) in [6, 6.07) is 10.5. The van der Waals surface area contributed by atoms with Crippen LogP contribution >= 0.6 is 15.9 Å². The van der Waals surface area contributed by atoms with Gasteiger partial charge < -0.3 is 4.74 Å². The molecular formula is C11H13BrO. The largest absolute Gasteiger partial charge is 0.377 e. The van der Waals surface area contributed by atoms with E-state index in [0.717, 1.165) is 6.61 Å². The molecule has 1 aromatic rings. The molecule has 0 N–H and O–H groups in total. The molecule has 70 valence electrons. The van der Waals surface area contributed by atoms with E-state index in [-0.39, 0.29) is 0 Å². The minimum Gasteiger partial charge on any atom is -0.377 e. The Bertz CT molecular complexity index is 254. The normalized spacial score (nSPS) is 24.5. The molecule has 0 aromatic heterocycles. The molecule has 1 heterocycles. The number of halogens is 1. The smallest absolute Gasteiger partial charge is 0.0741 e. The monoisotopic (exact) mass is 240 g/mol. The van der Waals surface area contributed by atoms with Gasteiger partial charge in [0.05, 0.1) is 10.9 Å². The van der Waals surface area contributed by atoms with Crippen molar-refractivity contribution in [3.63, 3.8) is 0 Å². The van der Waals surface area contributed by atoms with E-state index < -0.39 is 0 Å². The minimum atomic E-state index is 0.358. The Morgan fingerprint density at radius 3 is 2.69 bits per heavy atom. The highest BCUT2D eigenvalue weighted by Gasteiger charge is 2.24. The molecule has 2 atom stereocenters. The maximum atomic E-state index is 5.62. The van der Waals surface area contributed by atoms with Crippen molar-refractivity contribution in [3.8, 4) is 0 Å². The van der Waals surface area contributed by atoms with Gasteiger partial charge in [0.1, 0.15) is 0 Å². The molecule has 0 aliphatic carbocycles. The molecule has 0 unspecified atom stereocenters. The molecule has 2 rings (SSSR count). The topological polar surface area (TPSA) is 9.23 Å². The van der Waals surface area contributed by atoms with E-state index in [1.54, 1.807) is 0 Å². The maximum Gasteiger partial charge on any atom is 0.0741 e. The van der Waals surface area contributed by atoms with Crippen LogP contribution in [0.3, 0.4) is 0 Å². The first-order valence-electron chi connectivity index (χ1n) is 4.68. The number of rotatable bonds is 2.